The highest BCUT2D eigenvalue weighted by Gasteiger charge is 2.25. The molecule has 21 heavy (non-hydrogen) atoms. The van der Waals surface area contributed by atoms with Crippen molar-refractivity contribution in [3.05, 3.63) is 32.5 Å². The second-order valence-corrected chi connectivity index (χ2v) is 6.52. The summed E-state index contributed by atoms with van der Waals surface area (Å²) in [5, 5.41) is 14.1. The molecule has 1 saturated heterocycles. The Morgan fingerprint density at radius 3 is 2.86 bits per heavy atom. The molecule has 1 aliphatic heterocycles. The van der Waals surface area contributed by atoms with Gasteiger partial charge in [0.15, 0.2) is 0 Å². The molecular weight excluding hydrogens is 341 g/mol. The summed E-state index contributed by atoms with van der Waals surface area (Å²) >= 11 is 3.07. The molecule has 2 rings (SSSR count). The monoisotopic (exact) mass is 359 g/mol. The van der Waals surface area contributed by atoms with Gasteiger partial charge < -0.3 is 10.2 Å². The molecule has 0 aromatic heterocycles. The predicted molar refractivity (Wildman–Crippen MR) is 84.1 cm³/mol. The summed E-state index contributed by atoms with van der Waals surface area (Å²) in [6.45, 7) is 7.03. The van der Waals surface area contributed by atoms with E-state index in [-0.39, 0.29) is 10.2 Å². The van der Waals surface area contributed by atoms with Crippen molar-refractivity contribution in [1.29, 1.82) is 0 Å². The van der Waals surface area contributed by atoms with Crippen molar-refractivity contribution >= 4 is 27.3 Å². The molecule has 1 aromatic rings. The third kappa shape index (κ3) is 3.91. The Labute approximate surface area is 131 Å². The smallest absolute Gasteiger partial charge is 0.295 e. The lowest BCUT2D eigenvalue weighted by molar-refractivity contribution is -0.384. The van der Waals surface area contributed by atoms with Gasteiger partial charge in [-0.1, -0.05) is 0 Å². The Morgan fingerprint density at radius 2 is 2.29 bits per heavy atom. The molecule has 1 aromatic carbocycles. The van der Waals surface area contributed by atoms with Crippen LogP contribution in [0.3, 0.4) is 0 Å². The number of anilines is 1. The Bertz CT molecular complexity index is 539. The number of nitro benzene ring substituents is 1. The number of nitro groups is 1. The van der Waals surface area contributed by atoms with Crippen molar-refractivity contribution in [2.75, 3.05) is 25.0 Å². The van der Waals surface area contributed by atoms with Gasteiger partial charge in [0.25, 0.3) is 5.69 Å². The molecule has 1 N–H and O–H groups in total. The first kappa shape index (κ1) is 16.2. The highest BCUT2D eigenvalue weighted by atomic mass is 79.9. The van der Waals surface area contributed by atoms with Crippen molar-refractivity contribution in [3.63, 3.8) is 0 Å². The molecule has 1 aliphatic rings. The van der Waals surface area contributed by atoms with Gasteiger partial charge in [0.2, 0.25) is 0 Å². The summed E-state index contributed by atoms with van der Waals surface area (Å²) < 4.78 is 13.6. The fourth-order valence-electron chi connectivity index (χ4n) is 2.58. The highest BCUT2D eigenvalue weighted by molar-refractivity contribution is 9.10. The number of hydrogen-bond donors (Lipinski definition) is 1. The number of likely N-dealkylation sites (tertiary alicyclic amines) is 1. The van der Waals surface area contributed by atoms with Gasteiger partial charge >= 0.3 is 0 Å². The van der Waals surface area contributed by atoms with E-state index in [0.29, 0.717) is 24.2 Å². The summed E-state index contributed by atoms with van der Waals surface area (Å²) in [7, 11) is 0. The zero-order valence-corrected chi connectivity index (χ0v) is 13.7. The maximum absolute atomic E-state index is 13.4. The van der Waals surface area contributed by atoms with Crippen LogP contribution in [-0.2, 0) is 0 Å². The van der Waals surface area contributed by atoms with E-state index < -0.39 is 10.7 Å². The SMILES string of the molecule is CC(C)N1CCC(CNc2cc(Br)c(F)cc2[N+](=O)[O-])C1. The Balaban J connectivity index is 2.03. The molecule has 0 radical (unpaired) electrons. The molecule has 1 atom stereocenters. The number of benzene rings is 1. The fraction of sp³-hybridized carbons (Fsp3) is 0.571. The summed E-state index contributed by atoms with van der Waals surface area (Å²) in [4.78, 5) is 12.8. The van der Waals surface area contributed by atoms with Crippen LogP contribution in [0.2, 0.25) is 0 Å². The molecule has 0 amide bonds. The van der Waals surface area contributed by atoms with Gasteiger partial charge in [0.05, 0.1) is 15.5 Å². The number of rotatable bonds is 5. The van der Waals surface area contributed by atoms with Crippen LogP contribution in [0.5, 0.6) is 0 Å². The van der Waals surface area contributed by atoms with Crippen LogP contribution >= 0.6 is 15.9 Å². The second kappa shape index (κ2) is 6.70. The van der Waals surface area contributed by atoms with Crippen LogP contribution in [0.15, 0.2) is 16.6 Å². The maximum Gasteiger partial charge on any atom is 0.295 e. The first-order chi connectivity index (χ1) is 9.88. The zero-order chi connectivity index (χ0) is 15.6. The highest BCUT2D eigenvalue weighted by Crippen LogP contribution is 2.31. The molecule has 1 unspecified atom stereocenters. The van der Waals surface area contributed by atoms with Crippen LogP contribution in [0.4, 0.5) is 15.8 Å². The van der Waals surface area contributed by atoms with E-state index >= 15 is 0 Å². The predicted octanol–water partition coefficient (Wildman–Crippen LogP) is 3.64. The molecule has 1 heterocycles. The largest absolute Gasteiger partial charge is 0.379 e. The molecule has 1 fully saturated rings. The van der Waals surface area contributed by atoms with Crippen LogP contribution < -0.4 is 5.32 Å². The molecule has 0 aliphatic carbocycles. The van der Waals surface area contributed by atoms with E-state index in [4.69, 9.17) is 0 Å². The maximum atomic E-state index is 13.4. The van der Waals surface area contributed by atoms with E-state index in [1.54, 1.807) is 0 Å². The van der Waals surface area contributed by atoms with Gasteiger partial charge in [0, 0.05) is 19.1 Å². The average molecular weight is 360 g/mol. The lowest BCUT2D eigenvalue weighted by Gasteiger charge is -2.20. The standard InChI is InChI=1S/C14H19BrFN3O2/c1-9(2)18-4-3-10(8-18)7-17-13-5-11(15)12(16)6-14(13)19(20)21/h5-6,9-10,17H,3-4,7-8H2,1-2H3. The van der Waals surface area contributed by atoms with Gasteiger partial charge in [-0.3, -0.25) is 10.1 Å². The van der Waals surface area contributed by atoms with Crippen molar-refractivity contribution in [2.45, 2.75) is 26.3 Å². The lowest BCUT2D eigenvalue weighted by Crippen LogP contribution is -2.29. The first-order valence-electron chi connectivity index (χ1n) is 7.00. The van der Waals surface area contributed by atoms with Crippen molar-refractivity contribution < 1.29 is 9.31 Å². The van der Waals surface area contributed by atoms with Gasteiger partial charge in [-0.25, -0.2) is 4.39 Å². The van der Waals surface area contributed by atoms with Crippen LogP contribution in [0, 0.1) is 21.8 Å². The topological polar surface area (TPSA) is 58.4 Å². The molecule has 7 heteroatoms. The Kier molecular flexibility index (Phi) is 5.16. The van der Waals surface area contributed by atoms with Crippen molar-refractivity contribution in [3.8, 4) is 0 Å². The van der Waals surface area contributed by atoms with E-state index in [2.05, 4.69) is 40.0 Å². The van der Waals surface area contributed by atoms with Gasteiger partial charge in [-0.15, -0.1) is 0 Å². The third-order valence-electron chi connectivity index (χ3n) is 3.86. The summed E-state index contributed by atoms with van der Waals surface area (Å²) in [5.74, 6) is -0.171. The van der Waals surface area contributed by atoms with E-state index in [1.165, 1.54) is 6.07 Å². The Hall–Kier alpha value is -1.21. The Morgan fingerprint density at radius 1 is 1.57 bits per heavy atom. The minimum absolute atomic E-state index is 0.227. The normalized spacial score (nSPS) is 19.2. The number of nitrogens with one attached hydrogen (secondary N) is 1. The molecule has 5 nitrogen and oxygen atoms in total. The van der Waals surface area contributed by atoms with Gasteiger partial charge in [-0.05, 0) is 54.7 Å². The summed E-state index contributed by atoms with van der Waals surface area (Å²) in [6.07, 6.45) is 1.07. The van der Waals surface area contributed by atoms with Gasteiger partial charge in [0.1, 0.15) is 11.5 Å². The van der Waals surface area contributed by atoms with Crippen molar-refractivity contribution in [1.82, 2.24) is 4.90 Å². The lowest BCUT2D eigenvalue weighted by atomic mass is 10.1. The van der Waals surface area contributed by atoms with Crippen LogP contribution in [0.1, 0.15) is 20.3 Å². The van der Waals surface area contributed by atoms with Crippen LogP contribution in [-0.4, -0.2) is 35.5 Å². The minimum Gasteiger partial charge on any atom is -0.379 e. The quantitative estimate of drug-likeness (QED) is 0.644. The van der Waals surface area contributed by atoms with E-state index in [9.17, 15) is 14.5 Å². The summed E-state index contributed by atoms with van der Waals surface area (Å²) in [6, 6.07) is 2.90. The van der Waals surface area contributed by atoms with E-state index in [1.807, 2.05) is 0 Å². The molecule has 116 valence electrons. The molecule has 0 spiro atoms. The number of halogens is 2. The van der Waals surface area contributed by atoms with Crippen LogP contribution in [0.25, 0.3) is 0 Å². The summed E-state index contributed by atoms with van der Waals surface area (Å²) in [5.41, 5.74) is 0.130. The minimum atomic E-state index is -0.626. The second-order valence-electron chi connectivity index (χ2n) is 5.66. The number of nitrogens with zero attached hydrogens (tertiary/aromatic N) is 2. The fourth-order valence-corrected chi connectivity index (χ4v) is 2.92. The molecular formula is C14H19BrFN3O2. The van der Waals surface area contributed by atoms with Crippen molar-refractivity contribution in [2.24, 2.45) is 5.92 Å². The van der Waals surface area contributed by atoms with E-state index in [0.717, 1.165) is 25.6 Å². The molecule has 0 saturated carbocycles. The third-order valence-corrected chi connectivity index (χ3v) is 4.47. The molecule has 0 bridgehead atoms. The average Bonchev–Trinajstić information content (AvgIpc) is 2.88. The first-order valence-corrected chi connectivity index (χ1v) is 7.79. The number of hydrogen-bond acceptors (Lipinski definition) is 4. The van der Waals surface area contributed by atoms with Gasteiger partial charge in [-0.2, -0.15) is 0 Å². The zero-order valence-electron chi connectivity index (χ0n) is 12.1.